The Morgan fingerprint density at radius 1 is 1.00 bits per heavy atom. The number of benzene rings is 2. The number of carbonyl (C=O) groups is 1. The molecule has 0 N–H and O–H groups in total. The highest BCUT2D eigenvalue weighted by Gasteiger charge is 2.55. The first-order valence-electron chi connectivity index (χ1n) is 12.3. The average Bonchev–Trinajstić information content (AvgIpc) is 3.18. The topological polar surface area (TPSA) is 17.1 Å². The summed E-state index contributed by atoms with van der Waals surface area (Å²) in [6.07, 6.45) is 11.6. The van der Waals surface area contributed by atoms with Crippen LogP contribution in [0.3, 0.4) is 0 Å². The summed E-state index contributed by atoms with van der Waals surface area (Å²) >= 11 is 0. The first kappa shape index (κ1) is 19.4. The Kier molecular flexibility index (Phi) is 4.60. The summed E-state index contributed by atoms with van der Waals surface area (Å²) in [4.78, 5) is 12.1. The van der Waals surface area contributed by atoms with E-state index in [4.69, 9.17) is 0 Å². The van der Waals surface area contributed by atoms with Gasteiger partial charge in [0.15, 0.2) is 5.78 Å². The van der Waals surface area contributed by atoms with Gasteiger partial charge in [0.2, 0.25) is 0 Å². The number of allylic oxidation sites excluding steroid dienone is 1. The van der Waals surface area contributed by atoms with Gasteiger partial charge in [-0.15, -0.1) is 0 Å². The van der Waals surface area contributed by atoms with Crippen LogP contribution in [-0.4, -0.2) is 5.78 Å². The molecule has 0 aliphatic heterocycles. The van der Waals surface area contributed by atoms with Crippen molar-refractivity contribution < 1.29 is 4.79 Å². The highest BCUT2D eigenvalue weighted by molar-refractivity contribution is 5.91. The minimum atomic E-state index is 0.351. The van der Waals surface area contributed by atoms with Crippen molar-refractivity contribution >= 4 is 16.6 Å². The monoisotopic (exact) mass is 408 g/mol. The van der Waals surface area contributed by atoms with Crippen molar-refractivity contribution in [1.82, 2.24) is 0 Å². The van der Waals surface area contributed by atoms with Crippen LogP contribution in [0.5, 0.6) is 0 Å². The number of fused-ring (bicyclic) bond motifs is 6. The molecule has 0 amide bonds. The van der Waals surface area contributed by atoms with Crippen LogP contribution in [0.15, 0.2) is 54.1 Å². The summed E-state index contributed by atoms with van der Waals surface area (Å²) in [5, 5.41) is 2.54. The number of rotatable bonds is 0. The summed E-state index contributed by atoms with van der Waals surface area (Å²) in [6.45, 7) is 2.56. The first-order valence-corrected chi connectivity index (χ1v) is 12.3. The minimum absolute atomic E-state index is 0.351. The maximum Gasteiger partial charge on any atom is 0.155 e. The summed E-state index contributed by atoms with van der Waals surface area (Å²) in [5.41, 5.74) is 3.08. The molecule has 1 heteroatoms. The van der Waals surface area contributed by atoms with Crippen molar-refractivity contribution in [2.24, 2.45) is 35.0 Å². The van der Waals surface area contributed by atoms with E-state index in [9.17, 15) is 4.79 Å². The van der Waals surface area contributed by atoms with Crippen molar-refractivity contribution in [3.05, 3.63) is 59.7 Å². The molecule has 3 fully saturated rings. The second-order valence-electron chi connectivity index (χ2n) is 10.9. The predicted octanol–water partition coefficient (Wildman–Crippen LogP) is 6.95. The van der Waals surface area contributed by atoms with Gasteiger partial charge < -0.3 is 0 Å². The summed E-state index contributed by atoms with van der Waals surface area (Å²) in [7, 11) is 0. The van der Waals surface area contributed by atoms with Crippen molar-refractivity contribution in [3.63, 3.8) is 0 Å². The zero-order valence-corrected chi connectivity index (χ0v) is 18.6. The second-order valence-corrected chi connectivity index (χ2v) is 10.9. The van der Waals surface area contributed by atoms with Crippen LogP contribution in [0.4, 0.5) is 0 Å². The lowest BCUT2D eigenvalue weighted by atomic mass is 9.49. The Bertz CT molecular complexity index is 1120. The molecule has 0 unspecified atom stereocenters. The molecule has 158 valence electrons. The minimum Gasteiger partial charge on any atom is -0.295 e. The molecule has 0 bridgehead atoms. The molecule has 2 aromatic carbocycles. The van der Waals surface area contributed by atoms with Gasteiger partial charge >= 0.3 is 0 Å². The molecule has 6 atom stereocenters. The highest BCUT2D eigenvalue weighted by Crippen LogP contribution is 2.63. The molecule has 0 heterocycles. The fraction of sp³-hybridized carbons (Fsp3) is 0.500. The van der Waals surface area contributed by atoms with Gasteiger partial charge in [-0.05, 0) is 90.5 Å². The van der Waals surface area contributed by atoms with Gasteiger partial charge in [0.05, 0.1) is 0 Å². The fourth-order valence-corrected chi connectivity index (χ4v) is 7.97. The van der Waals surface area contributed by atoms with Gasteiger partial charge in [0, 0.05) is 17.9 Å². The van der Waals surface area contributed by atoms with Crippen molar-refractivity contribution in [3.8, 4) is 11.8 Å². The van der Waals surface area contributed by atoms with E-state index in [-0.39, 0.29) is 0 Å². The molecule has 2 aromatic rings. The molecule has 0 spiro atoms. The van der Waals surface area contributed by atoms with Crippen molar-refractivity contribution in [2.45, 2.75) is 58.3 Å². The van der Waals surface area contributed by atoms with E-state index >= 15 is 0 Å². The largest absolute Gasteiger partial charge is 0.295 e. The predicted molar refractivity (Wildman–Crippen MR) is 126 cm³/mol. The van der Waals surface area contributed by atoms with Gasteiger partial charge in [-0.2, -0.15) is 0 Å². The molecule has 3 saturated carbocycles. The van der Waals surface area contributed by atoms with E-state index in [1.807, 2.05) is 6.08 Å². The Morgan fingerprint density at radius 3 is 2.81 bits per heavy atom. The molecule has 6 rings (SSSR count). The Hall–Kier alpha value is -2.33. The standard InChI is InChI=1S/C30H32O/c1-30-17-5-10-28(30)27-15-13-22-18-24(31)14-16-26(22)29(27)23(19-30)12-11-21-8-4-7-20-6-2-3-9-25(20)21/h2-4,6-9,18,23,26-29H,5,10,13-17,19H2,1H3/t23-,26-,27-,28-,29+,30-/m0/s1. The molecular formula is C30H32O. The highest BCUT2D eigenvalue weighted by atomic mass is 16.1. The smallest absolute Gasteiger partial charge is 0.155 e. The molecule has 0 saturated heterocycles. The van der Waals surface area contributed by atoms with Crippen LogP contribution in [0.2, 0.25) is 0 Å². The maximum atomic E-state index is 12.1. The van der Waals surface area contributed by atoms with Crippen LogP contribution < -0.4 is 0 Å². The van der Waals surface area contributed by atoms with Gasteiger partial charge in [-0.25, -0.2) is 0 Å². The van der Waals surface area contributed by atoms with E-state index in [2.05, 4.69) is 61.2 Å². The normalized spacial score (nSPS) is 36.6. The third kappa shape index (κ3) is 3.18. The summed E-state index contributed by atoms with van der Waals surface area (Å²) in [6, 6.07) is 15.1. The van der Waals surface area contributed by atoms with Gasteiger partial charge in [0.1, 0.15) is 0 Å². The third-order valence-electron chi connectivity index (χ3n) is 9.26. The van der Waals surface area contributed by atoms with Gasteiger partial charge in [0.25, 0.3) is 0 Å². The molecule has 0 aromatic heterocycles. The van der Waals surface area contributed by atoms with E-state index < -0.39 is 0 Å². The zero-order chi connectivity index (χ0) is 21.0. The molecule has 1 nitrogen and oxygen atoms in total. The van der Waals surface area contributed by atoms with Crippen LogP contribution in [0, 0.1) is 46.8 Å². The Labute approximate surface area is 186 Å². The van der Waals surface area contributed by atoms with Crippen molar-refractivity contribution in [1.29, 1.82) is 0 Å². The number of ketones is 1. The molecule has 4 aliphatic carbocycles. The van der Waals surface area contributed by atoms with Crippen LogP contribution >= 0.6 is 0 Å². The van der Waals surface area contributed by atoms with Gasteiger partial charge in [-0.1, -0.05) is 67.2 Å². The van der Waals surface area contributed by atoms with E-state index in [0.717, 1.165) is 31.1 Å². The molecule has 0 radical (unpaired) electrons. The quantitative estimate of drug-likeness (QED) is 0.431. The Morgan fingerprint density at radius 2 is 1.87 bits per heavy atom. The molecular weight excluding hydrogens is 376 g/mol. The SMILES string of the molecule is C[C@@]12CCC[C@H]1[C@@H]1CCC3=CC(=O)CC[C@@H]3[C@H]1[C@@H](C#Cc1cccc3ccccc13)C2. The lowest BCUT2D eigenvalue weighted by molar-refractivity contribution is -0.116. The summed E-state index contributed by atoms with van der Waals surface area (Å²) in [5.74, 6) is 11.2. The summed E-state index contributed by atoms with van der Waals surface area (Å²) < 4.78 is 0. The average molecular weight is 409 g/mol. The van der Waals surface area contributed by atoms with E-state index in [1.54, 1.807) is 0 Å². The maximum absolute atomic E-state index is 12.1. The number of hydrogen-bond donors (Lipinski definition) is 0. The first-order chi connectivity index (χ1) is 15.1. The fourth-order valence-electron chi connectivity index (χ4n) is 7.97. The zero-order valence-electron chi connectivity index (χ0n) is 18.6. The second kappa shape index (κ2) is 7.37. The number of carbonyl (C=O) groups excluding carboxylic acids is 1. The van der Waals surface area contributed by atoms with E-state index in [1.165, 1.54) is 54.0 Å². The van der Waals surface area contributed by atoms with Crippen LogP contribution in [0.1, 0.15) is 63.9 Å². The van der Waals surface area contributed by atoms with E-state index in [0.29, 0.717) is 29.0 Å². The number of hydrogen-bond acceptors (Lipinski definition) is 1. The van der Waals surface area contributed by atoms with Crippen LogP contribution in [0.25, 0.3) is 10.8 Å². The third-order valence-corrected chi connectivity index (χ3v) is 9.26. The van der Waals surface area contributed by atoms with Crippen LogP contribution in [-0.2, 0) is 4.79 Å². The lowest BCUT2D eigenvalue weighted by Crippen LogP contribution is -2.48. The Balaban J connectivity index is 1.42. The molecule has 4 aliphatic rings. The van der Waals surface area contributed by atoms with Gasteiger partial charge in [-0.3, -0.25) is 4.79 Å². The van der Waals surface area contributed by atoms with Crippen molar-refractivity contribution in [2.75, 3.05) is 0 Å². The lowest BCUT2D eigenvalue weighted by Gasteiger charge is -2.55. The molecule has 31 heavy (non-hydrogen) atoms.